The second-order valence-electron chi connectivity index (χ2n) is 3.68. The topological polar surface area (TPSA) is 64.7 Å². The Morgan fingerprint density at radius 3 is 2.75 bits per heavy atom. The molecule has 0 unspecified atom stereocenters. The zero-order valence-electron chi connectivity index (χ0n) is 9.44. The first-order valence-corrected chi connectivity index (χ1v) is 5.25. The van der Waals surface area contributed by atoms with Crippen molar-refractivity contribution in [2.75, 3.05) is 5.73 Å². The van der Waals surface area contributed by atoms with Crippen molar-refractivity contribution in [1.82, 2.24) is 15.0 Å². The first-order valence-electron chi connectivity index (χ1n) is 5.25. The van der Waals surface area contributed by atoms with Gasteiger partial charge in [-0.15, -0.1) is 0 Å². The average Bonchev–Trinajstić information content (AvgIpc) is 2.28. The van der Waals surface area contributed by atoms with Crippen LogP contribution < -0.4 is 5.73 Å². The van der Waals surface area contributed by atoms with Gasteiger partial charge < -0.3 is 5.73 Å². The van der Waals surface area contributed by atoms with Crippen LogP contribution in [-0.4, -0.2) is 15.0 Å². The Kier molecular flexibility index (Phi) is 2.81. The molecule has 0 amide bonds. The zero-order chi connectivity index (χ0) is 11.5. The highest BCUT2D eigenvalue weighted by Gasteiger charge is 2.05. The number of aromatic nitrogens is 3. The van der Waals surface area contributed by atoms with Gasteiger partial charge in [0.15, 0.2) is 5.82 Å². The number of pyridine rings is 1. The number of anilines is 1. The summed E-state index contributed by atoms with van der Waals surface area (Å²) in [5.74, 6) is 1.09. The van der Waals surface area contributed by atoms with Crippen molar-refractivity contribution in [2.45, 2.75) is 20.3 Å². The third kappa shape index (κ3) is 2.16. The molecule has 82 valence electrons. The Morgan fingerprint density at radius 2 is 2.06 bits per heavy atom. The highest BCUT2D eigenvalue weighted by atomic mass is 15.0. The van der Waals surface area contributed by atoms with Crippen LogP contribution >= 0.6 is 0 Å². The van der Waals surface area contributed by atoms with Crippen molar-refractivity contribution in [3.63, 3.8) is 0 Å². The van der Waals surface area contributed by atoms with E-state index in [1.165, 1.54) is 0 Å². The number of hydrogen-bond acceptors (Lipinski definition) is 4. The van der Waals surface area contributed by atoms with Crippen LogP contribution in [0.1, 0.15) is 18.2 Å². The number of hydrogen-bond donors (Lipinski definition) is 1. The van der Waals surface area contributed by atoms with Crippen LogP contribution in [0, 0.1) is 6.92 Å². The van der Waals surface area contributed by atoms with Gasteiger partial charge in [0.2, 0.25) is 0 Å². The van der Waals surface area contributed by atoms with Gasteiger partial charge in [-0.3, -0.25) is 4.98 Å². The van der Waals surface area contributed by atoms with Gasteiger partial charge in [-0.25, -0.2) is 9.97 Å². The van der Waals surface area contributed by atoms with Crippen LogP contribution in [0.4, 0.5) is 5.82 Å². The van der Waals surface area contributed by atoms with Crippen molar-refractivity contribution in [3.8, 4) is 11.5 Å². The second-order valence-corrected chi connectivity index (χ2v) is 3.68. The molecule has 2 aromatic rings. The number of aryl methyl sites for hydroxylation is 2. The minimum absolute atomic E-state index is 0.491. The molecule has 0 aromatic carbocycles. The summed E-state index contributed by atoms with van der Waals surface area (Å²) >= 11 is 0. The van der Waals surface area contributed by atoms with E-state index in [-0.39, 0.29) is 0 Å². The first-order chi connectivity index (χ1) is 7.69. The van der Waals surface area contributed by atoms with Crippen LogP contribution in [0.2, 0.25) is 0 Å². The van der Waals surface area contributed by atoms with E-state index in [2.05, 4.69) is 15.0 Å². The van der Waals surface area contributed by atoms with E-state index >= 15 is 0 Å². The van der Waals surface area contributed by atoms with Crippen LogP contribution in [0.15, 0.2) is 24.4 Å². The molecule has 0 saturated carbocycles. The molecule has 0 radical (unpaired) electrons. The summed E-state index contributed by atoms with van der Waals surface area (Å²) in [5.41, 5.74) is 8.57. The van der Waals surface area contributed by atoms with Gasteiger partial charge in [-0.1, -0.05) is 6.92 Å². The Labute approximate surface area is 94.6 Å². The Bertz CT molecular complexity index is 508. The van der Waals surface area contributed by atoms with Gasteiger partial charge in [0.05, 0.1) is 0 Å². The summed E-state index contributed by atoms with van der Waals surface area (Å²) in [4.78, 5) is 12.9. The molecule has 0 spiro atoms. The minimum atomic E-state index is 0.491. The molecule has 2 rings (SSSR count). The van der Waals surface area contributed by atoms with Gasteiger partial charge in [0, 0.05) is 18.0 Å². The van der Waals surface area contributed by atoms with Gasteiger partial charge in [-0.05, 0) is 31.0 Å². The van der Waals surface area contributed by atoms with Crippen molar-refractivity contribution in [2.24, 2.45) is 0 Å². The molecule has 2 N–H and O–H groups in total. The molecule has 0 saturated heterocycles. The standard InChI is InChI=1S/C12H14N4/c1-3-9-7-11(13)16-12(15-9)10-6-8(2)4-5-14-10/h4-7H,3H2,1-2H3,(H2,13,15,16). The molecule has 4 heteroatoms. The molecular weight excluding hydrogens is 200 g/mol. The summed E-state index contributed by atoms with van der Waals surface area (Å²) < 4.78 is 0. The third-order valence-corrected chi connectivity index (χ3v) is 2.31. The summed E-state index contributed by atoms with van der Waals surface area (Å²) in [6, 6.07) is 5.68. The molecule has 0 atom stereocenters. The molecular formula is C12H14N4. The minimum Gasteiger partial charge on any atom is -0.384 e. The predicted molar refractivity (Wildman–Crippen MR) is 63.8 cm³/mol. The highest BCUT2D eigenvalue weighted by molar-refractivity contribution is 5.52. The van der Waals surface area contributed by atoms with Crippen LogP contribution in [-0.2, 0) is 6.42 Å². The number of nitrogens with zero attached hydrogens (tertiary/aromatic N) is 3. The van der Waals surface area contributed by atoms with E-state index in [0.717, 1.165) is 23.4 Å². The molecule has 0 bridgehead atoms. The molecule has 0 aliphatic rings. The average molecular weight is 214 g/mol. The van der Waals surface area contributed by atoms with E-state index < -0.39 is 0 Å². The summed E-state index contributed by atoms with van der Waals surface area (Å²) in [6.07, 6.45) is 2.59. The lowest BCUT2D eigenvalue weighted by Crippen LogP contribution is -2.00. The largest absolute Gasteiger partial charge is 0.384 e. The smallest absolute Gasteiger partial charge is 0.180 e. The maximum Gasteiger partial charge on any atom is 0.180 e. The quantitative estimate of drug-likeness (QED) is 0.830. The number of nitrogen functional groups attached to an aromatic ring is 1. The fourth-order valence-electron chi connectivity index (χ4n) is 1.47. The molecule has 0 aliphatic heterocycles. The summed E-state index contributed by atoms with van der Waals surface area (Å²) in [6.45, 7) is 4.05. The Balaban J connectivity index is 2.51. The van der Waals surface area contributed by atoms with Gasteiger partial charge in [-0.2, -0.15) is 0 Å². The first kappa shape index (κ1) is 10.5. The lowest BCUT2D eigenvalue weighted by molar-refractivity contribution is 1.00. The Hall–Kier alpha value is -1.97. The van der Waals surface area contributed by atoms with Crippen LogP contribution in [0.25, 0.3) is 11.5 Å². The highest BCUT2D eigenvalue weighted by Crippen LogP contribution is 2.15. The van der Waals surface area contributed by atoms with Gasteiger partial charge >= 0.3 is 0 Å². The van der Waals surface area contributed by atoms with Crippen molar-refractivity contribution >= 4 is 5.82 Å². The van der Waals surface area contributed by atoms with Crippen LogP contribution in [0.5, 0.6) is 0 Å². The normalized spacial score (nSPS) is 10.4. The lowest BCUT2D eigenvalue weighted by Gasteiger charge is -2.04. The fourth-order valence-corrected chi connectivity index (χ4v) is 1.47. The van der Waals surface area contributed by atoms with Gasteiger partial charge in [0.25, 0.3) is 0 Å². The zero-order valence-corrected chi connectivity index (χ0v) is 9.44. The summed E-state index contributed by atoms with van der Waals surface area (Å²) in [5, 5.41) is 0. The van der Waals surface area contributed by atoms with Gasteiger partial charge in [0.1, 0.15) is 11.5 Å². The summed E-state index contributed by atoms with van der Waals surface area (Å²) in [7, 11) is 0. The number of rotatable bonds is 2. The Morgan fingerprint density at radius 1 is 1.25 bits per heavy atom. The molecule has 16 heavy (non-hydrogen) atoms. The van der Waals surface area contributed by atoms with Crippen molar-refractivity contribution in [1.29, 1.82) is 0 Å². The maximum atomic E-state index is 5.73. The fraction of sp³-hybridized carbons (Fsp3) is 0.250. The maximum absolute atomic E-state index is 5.73. The van der Waals surface area contributed by atoms with E-state index in [9.17, 15) is 0 Å². The van der Waals surface area contributed by atoms with Crippen molar-refractivity contribution < 1.29 is 0 Å². The van der Waals surface area contributed by atoms with E-state index in [1.807, 2.05) is 26.0 Å². The van der Waals surface area contributed by atoms with Crippen LogP contribution in [0.3, 0.4) is 0 Å². The molecule has 2 aromatic heterocycles. The molecule has 0 fully saturated rings. The van der Waals surface area contributed by atoms with E-state index in [0.29, 0.717) is 11.6 Å². The third-order valence-electron chi connectivity index (χ3n) is 2.31. The second kappa shape index (κ2) is 4.26. The molecule has 2 heterocycles. The van der Waals surface area contributed by atoms with Crippen molar-refractivity contribution in [3.05, 3.63) is 35.7 Å². The van der Waals surface area contributed by atoms with E-state index in [1.54, 1.807) is 12.3 Å². The lowest BCUT2D eigenvalue weighted by atomic mass is 10.2. The SMILES string of the molecule is CCc1cc(N)nc(-c2cc(C)ccn2)n1. The molecule has 0 aliphatic carbocycles. The van der Waals surface area contributed by atoms with E-state index in [4.69, 9.17) is 5.73 Å². The number of nitrogens with two attached hydrogens (primary N) is 1. The molecule has 4 nitrogen and oxygen atoms in total. The predicted octanol–water partition coefficient (Wildman–Crippen LogP) is 1.99. The monoisotopic (exact) mass is 214 g/mol.